The first-order chi connectivity index (χ1) is 6.02. The Morgan fingerprint density at radius 3 is 2.38 bits per heavy atom. The van der Waals surface area contributed by atoms with Crippen molar-refractivity contribution in [1.82, 2.24) is 0 Å². The van der Waals surface area contributed by atoms with Gasteiger partial charge in [0.1, 0.15) is 0 Å². The molecule has 0 spiro atoms. The second-order valence-electron chi connectivity index (χ2n) is 4.99. The highest BCUT2D eigenvalue weighted by atomic mass is 16.3. The fourth-order valence-electron chi connectivity index (χ4n) is 1.98. The normalized spacial score (nSPS) is 35.3. The van der Waals surface area contributed by atoms with Crippen molar-refractivity contribution in [3.63, 3.8) is 0 Å². The highest BCUT2D eigenvalue weighted by Crippen LogP contribution is 2.32. The zero-order valence-electron chi connectivity index (χ0n) is 8.92. The molecule has 3 N–H and O–H groups in total. The molecule has 0 unspecified atom stereocenters. The van der Waals surface area contributed by atoms with Crippen molar-refractivity contribution in [2.75, 3.05) is 0 Å². The van der Waals surface area contributed by atoms with Crippen LogP contribution in [-0.4, -0.2) is 16.7 Å². The maximum absolute atomic E-state index is 10.2. The molecular weight excluding hydrogens is 162 g/mol. The van der Waals surface area contributed by atoms with Crippen LogP contribution in [0.25, 0.3) is 0 Å². The molecule has 1 saturated carbocycles. The molecular formula is C11H23NO. The van der Waals surface area contributed by atoms with Crippen LogP contribution in [0.1, 0.15) is 52.4 Å². The second kappa shape index (κ2) is 4.43. The van der Waals surface area contributed by atoms with Gasteiger partial charge in [-0.1, -0.05) is 13.8 Å². The summed E-state index contributed by atoms with van der Waals surface area (Å²) in [6.45, 7) is 4.41. The summed E-state index contributed by atoms with van der Waals surface area (Å²) in [6, 6.07) is 0.333. The van der Waals surface area contributed by atoms with E-state index in [-0.39, 0.29) is 5.60 Å². The Labute approximate surface area is 81.5 Å². The summed E-state index contributed by atoms with van der Waals surface area (Å²) >= 11 is 0. The van der Waals surface area contributed by atoms with E-state index < -0.39 is 0 Å². The fourth-order valence-corrected chi connectivity index (χ4v) is 1.98. The lowest BCUT2D eigenvalue weighted by atomic mass is 9.79. The van der Waals surface area contributed by atoms with Gasteiger partial charge >= 0.3 is 0 Å². The van der Waals surface area contributed by atoms with Gasteiger partial charge in [0.25, 0.3) is 0 Å². The van der Waals surface area contributed by atoms with Crippen molar-refractivity contribution in [3.8, 4) is 0 Å². The Balaban J connectivity index is 2.30. The van der Waals surface area contributed by atoms with Gasteiger partial charge in [0.05, 0.1) is 5.60 Å². The summed E-state index contributed by atoms with van der Waals surface area (Å²) in [7, 11) is 0. The summed E-state index contributed by atoms with van der Waals surface area (Å²) in [5, 5.41) is 10.2. The summed E-state index contributed by atoms with van der Waals surface area (Å²) in [6.07, 6.45) is 5.88. The molecule has 0 bridgehead atoms. The van der Waals surface area contributed by atoms with Crippen molar-refractivity contribution in [1.29, 1.82) is 0 Å². The van der Waals surface area contributed by atoms with Gasteiger partial charge in [-0.05, 0) is 44.4 Å². The van der Waals surface area contributed by atoms with Gasteiger partial charge in [0.2, 0.25) is 0 Å². The monoisotopic (exact) mass is 185 g/mol. The van der Waals surface area contributed by atoms with Crippen molar-refractivity contribution in [2.45, 2.75) is 64.0 Å². The summed E-state index contributed by atoms with van der Waals surface area (Å²) in [4.78, 5) is 0. The minimum atomic E-state index is -0.389. The molecule has 0 radical (unpaired) electrons. The van der Waals surface area contributed by atoms with Crippen LogP contribution in [-0.2, 0) is 0 Å². The van der Waals surface area contributed by atoms with Gasteiger partial charge in [0.15, 0.2) is 0 Å². The number of rotatable bonds is 3. The van der Waals surface area contributed by atoms with E-state index in [4.69, 9.17) is 5.73 Å². The molecule has 0 heterocycles. The van der Waals surface area contributed by atoms with Crippen molar-refractivity contribution < 1.29 is 5.11 Å². The number of hydrogen-bond acceptors (Lipinski definition) is 2. The quantitative estimate of drug-likeness (QED) is 0.707. The van der Waals surface area contributed by atoms with E-state index in [9.17, 15) is 5.11 Å². The first-order valence-corrected chi connectivity index (χ1v) is 5.50. The average Bonchev–Trinajstić information content (AvgIpc) is 2.08. The van der Waals surface area contributed by atoms with Crippen LogP contribution in [0.4, 0.5) is 0 Å². The number of nitrogens with two attached hydrogens (primary N) is 1. The Morgan fingerprint density at radius 1 is 1.38 bits per heavy atom. The van der Waals surface area contributed by atoms with E-state index in [1.54, 1.807) is 0 Å². The van der Waals surface area contributed by atoms with Crippen LogP contribution in [0, 0.1) is 5.92 Å². The standard InChI is InChI=1S/C11H23NO/c1-9(2)3-6-11(13)7-4-10(12)5-8-11/h9-10,13H,3-8,12H2,1-2H3. The van der Waals surface area contributed by atoms with Gasteiger partial charge in [-0.15, -0.1) is 0 Å². The highest BCUT2D eigenvalue weighted by molar-refractivity contribution is 4.86. The third-order valence-corrected chi connectivity index (χ3v) is 3.15. The van der Waals surface area contributed by atoms with E-state index in [0.29, 0.717) is 12.0 Å². The average molecular weight is 185 g/mol. The lowest BCUT2D eigenvalue weighted by molar-refractivity contribution is -0.0119. The molecule has 0 saturated heterocycles. The molecule has 0 amide bonds. The molecule has 78 valence electrons. The van der Waals surface area contributed by atoms with Gasteiger partial charge in [0, 0.05) is 6.04 Å². The Bertz CT molecular complexity index is 148. The first kappa shape index (κ1) is 11.0. The minimum absolute atomic E-state index is 0.333. The molecule has 0 aromatic heterocycles. The number of hydrogen-bond donors (Lipinski definition) is 2. The maximum Gasteiger partial charge on any atom is 0.0649 e. The fraction of sp³-hybridized carbons (Fsp3) is 1.00. The first-order valence-electron chi connectivity index (χ1n) is 5.50. The van der Waals surface area contributed by atoms with E-state index in [2.05, 4.69) is 13.8 Å². The van der Waals surface area contributed by atoms with Crippen LogP contribution in [0.3, 0.4) is 0 Å². The van der Waals surface area contributed by atoms with Crippen molar-refractivity contribution >= 4 is 0 Å². The summed E-state index contributed by atoms with van der Waals surface area (Å²) in [5.41, 5.74) is 5.41. The largest absolute Gasteiger partial charge is 0.390 e. The van der Waals surface area contributed by atoms with E-state index in [0.717, 1.165) is 38.5 Å². The SMILES string of the molecule is CC(C)CCC1(O)CCC(N)CC1. The Morgan fingerprint density at radius 2 is 1.92 bits per heavy atom. The van der Waals surface area contributed by atoms with E-state index in [1.165, 1.54) is 0 Å². The summed E-state index contributed by atoms with van der Waals surface area (Å²) in [5.74, 6) is 0.694. The van der Waals surface area contributed by atoms with Gasteiger partial charge < -0.3 is 10.8 Å². The smallest absolute Gasteiger partial charge is 0.0649 e. The predicted octanol–water partition coefficient (Wildman–Crippen LogP) is 2.05. The second-order valence-corrected chi connectivity index (χ2v) is 4.99. The molecule has 1 rings (SSSR count). The van der Waals surface area contributed by atoms with Crippen LogP contribution < -0.4 is 5.73 Å². The zero-order chi connectivity index (χ0) is 9.90. The van der Waals surface area contributed by atoms with Gasteiger partial charge in [-0.3, -0.25) is 0 Å². The molecule has 2 heteroatoms. The minimum Gasteiger partial charge on any atom is -0.390 e. The molecule has 1 aliphatic rings. The molecule has 1 fully saturated rings. The lowest BCUT2D eigenvalue weighted by Gasteiger charge is -2.35. The molecule has 1 aliphatic carbocycles. The van der Waals surface area contributed by atoms with E-state index in [1.807, 2.05) is 0 Å². The molecule has 0 aromatic rings. The van der Waals surface area contributed by atoms with Crippen LogP contribution in [0.5, 0.6) is 0 Å². The highest BCUT2D eigenvalue weighted by Gasteiger charge is 2.31. The molecule has 0 aromatic carbocycles. The van der Waals surface area contributed by atoms with Crippen LogP contribution >= 0.6 is 0 Å². The van der Waals surface area contributed by atoms with Crippen LogP contribution in [0.2, 0.25) is 0 Å². The van der Waals surface area contributed by atoms with Crippen LogP contribution in [0.15, 0.2) is 0 Å². The topological polar surface area (TPSA) is 46.2 Å². The summed E-state index contributed by atoms with van der Waals surface area (Å²) < 4.78 is 0. The lowest BCUT2D eigenvalue weighted by Crippen LogP contribution is -2.38. The molecule has 2 nitrogen and oxygen atoms in total. The number of aliphatic hydroxyl groups is 1. The van der Waals surface area contributed by atoms with Crippen molar-refractivity contribution in [2.24, 2.45) is 11.7 Å². The molecule has 13 heavy (non-hydrogen) atoms. The van der Waals surface area contributed by atoms with Gasteiger partial charge in [-0.25, -0.2) is 0 Å². The van der Waals surface area contributed by atoms with Crippen molar-refractivity contribution in [3.05, 3.63) is 0 Å². The third kappa shape index (κ3) is 3.65. The predicted molar refractivity (Wildman–Crippen MR) is 55.5 cm³/mol. The molecule has 0 aliphatic heterocycles. The zero-order valence-corrected chi connectivity index (χ0v) is 8.92. The Kier molecular flexibility index (Phi) is 3.74. The molecule has 0 atom stereocenters. The van der Waals surface area contributed by atoms with E-state index >= 15 is 0 Å². The maximum atomic E-state index is 10.2. The van der Waals surface area contributed by atoms with Gasteiger partial charge in [-0.2, -0.15) is 0 Å². The third-order valence-electron chi connectivity index (χ3n) is 3.15. The Hall–Kier alpha value is -0.0800.